The number of hydrogen-bond donors (Lipinski definition) is 0. The van der Waals surface area contributed by atoms with Crippen LogP contribution < -0.4 is 0 Å². The Labute approximate surface area is 200 Å². The van der Waals surface area contributed by atoms with Crippen LogP contribution in [-0.4, -0.2) is 37.3 Å². The molecule has 2 aliphatic rings. The van der Waals surface area contributed by atoms with E-state index in [-0.39, 0.29) is 11.5 Å². The zero-order chi connectivity index (χ0) is 24.3. The van der Waals surface area contributed by atoms with Crippen LogP contribution in [0.4, 0.5) is 0 Å². The number of benzene rings is 2. The summed E-state index contributed by atoms with van der Waals surface area (Å²) >= 11 is 0. The van der Waals surface area contributed by atoms with Gasteiger partial charge in [-0.2, -0.15) is 8.42 Å². The van der Waals surface area contributed by atoms with E-state index in [9.17, 15) is 18.0 Å². The van der Waals surface area contributed by atoms with Crippen molar-refractivity contribution in [3.05, 3.63) is 77.0 Å². The summed E-state index contributed by atoms with van der Waals surface area (Å²) in [5, 5.41) is 0. The van der Waals surface area contributed by atoms with Gasteiger partial charge >= 0.3 is 5.97 Å². The molecule has 0 aromatic heterocycles. The average molecular weight is 484 g/mol. The van der Waals surface area contributed by atoms with Gasteiger partial charge in [-0.1, -0.05) is 48.0 Å². The highest BCUT2D eigenvalue weighted by atomic mass is 32.2. The van der Waals surface area contributed by atoms with Gasteiger partial charge in [0.05, 0.1) is 4.90 Å². The second kappa shape index (κ2) is 10.1. The van der Waals surface area contributed by atoms with Crippen molar-refractivity contribution in [1.29, 1.82) is 0 Å². The second-order valence-corrected chi connectivity index (χ2v) is 10.4. The van der Waals surface area contributed by atoms with Crippen LogP contribution in [0.5, 0.6) is 0 Å². The van der Waals surface area contributed by atoms with E-state index in [2.05, 4.69) is 0 Å². The maximum Gasteiger partial charge on any atom is 0.329 e. The van der Waals surface area contributed by atoms with Crippen LogP contribution in [0.15, 0.2) is 70.8 Å². The maximum atomic E-state index is 13.4. The number of esters is 1. The summed E-state index contributed by atoms with van der Waals surface area (Å²) < 4.78 is 36.3. The number of carbonyl (C=O) groups is 2. The number of amides is 1. The van der Waals surface area contributed by atoms with Crippen molar-refractivity contribution in [3.8, 4) is 0 Å². The van der Waals surface area contributed by atoms with Gasteiger partial charge in [0.25, 0.3) is 16.0 Å². The van der Waals surface area contributed by atoms with E-state index in [4.69, 9.17) is 8.92 Å². The van der Waals surface area contributed by atoms with E-state index in [0.717, 1.165) is 41.7 Å². The van der Waals surface area contributed by atoms with Gasteiger partial charge in [-0.15, -0.1) is 0 Å². The fourth-order valence-corrected chi connectivity index (χ4v) is 5.51. The molecule has 2 atom stereocenters. The van der Waals surface area contributed by atoms with Gasteiger partial charge in [-0.25, -0.2) is 4.79 Å². The molecule has 0 fully saturated rings. The minimum absolute atomic E-state index is 0.0180. The molecule has 7 nitrogen and oxygen atoms in total. The molecule has 1 aliphatic heterocycles. The first-order valence-electron chi connectivity index (χ1n) is 11.5. The van der Waals surface area contributed by atoms with Crippen LogP contribution in [0.25, 0.3) is 0 Å². The van der Waals surface area contributed by atoms with Crippen molar-refractivity contribution in [2.45, 2.75) is 69.6 Å². The number of nitrogens with zero attached hydrogens (tertiary/aromatic N) is 1. The smallest absolute Gasteiger partial charge is 0.329 e. The highest BCUT2D eigenvalue weighted by Crippen LogP contribution is 2.39. The molecule has 1 aliphatic carbocycles. The van der Waals surface area contributed by atoms with E-state index in [1.165, 1.54) is 24.0 Å². The van der Waals surface area contributed by atoms with Crippen molar-refractivity contribution in [1.82, 2.24) is 4.90 Å². The Morgan fingerprint density at radius 3 is 2.41 bits per heavy atom. The molecule has 4 rings (SSSR count). The fraction of sp³-hybridized carbons (Fsp3) is 0.385. The second-order valence-electron chi connectivity index (χ2n) is 8.78. The summed E-state index contributed by atoms with van der Waals surface area (Å²) in [4.78, 5) is 27.9. The Kier molecular flexibility index (Phi) is 7.19. The summed E-state index contributed by atoms with van der Waals surface area (Å²) in [7, 11) is -4.14. The number of ether oxygens (including phenoxy) is 1. The van der Waals surface area contributed by atoms with Crippen molar-refractivity contribution in [2.24, 2.45) is 0 Å². The molecule has 0 N–H and O–H groups in total. The summed E-state index contributed by atoms with van der Waals surface area (Å²) in [5.74, 6) is -1.05. The number of allylic oxidation sites excluding steroid dienone is 1. The van der Waals surface area contributed by atoms with Gasteiger partial charge in [0, 0.05) is 12.1 Å². The van der Waals surface area contributed by atoms with Crippen molar-refractivity contribution < 1.29 is 26.9 Å². The largest absolute Gasteiger partial charge is 0.459 e. The predicted octanol–water partition coefficient (Wildman–Crippen LogP) is 4.26. The zero-order valence-electron chi connectivity index (χ0n) is 19.4. The van der Waals surface area contributed by atoms with Crippen molar-refractivity contribution in [3.63, 3.8) is 0 Å². The quantitative estimate of drug-likeness (QED) is 0.432. The molecule has 1 heterocycles. The van der Waals surface area contributed by atoms with E-state index < -0.39 is 34.1 Å². The molecule has 34 heavy (non-hydrogen) atoms. The highest BCUT2D eigenvalue weighted by molar-refractivity contribution is 7.86. The molecule has 0 spiro atoms. The Hall–Kier alpha value is -2.97. The van der Waals surface area contributed by atoms with Crippen molar-refractivity contribution >= 4 is 22.0 Å². The van der Waals surface area contributed by atoms with Gasteiger partial charge in [0.15, 0.2) is 6.10 Å². The lowest BCUT2D eigenvalue weighted by atomic mass is 9.96. The van der Waals surface area contributed by atoms with Gasteiger partial charge in [-0.3, -0.25) is 13.9 Å². The molecule has 180 valence electrons. The Balaban J connectivity index is 1.51. The summed E-state index contributed by atoms with van der Waals surface area (Å²) in [6.45, 7) is 3.36. The molecule has 0 saturated heterocycles. The van der Waals surface area contributed by atoms with Gasteiger partial charge < -0.3 is 4.74 Å². The molecular formula is C26H29NO6S. The number of hydrogen-bond acceptors (Lipinski definition) is 6. The monoisotopic (exact) mass is 483 g/mol. The first-order chi connectivity index (χ1) is 16.3. The minimum Gasteiger partial charge on any atom is -0.459 e. The topological polar surface area (TPSA) is 90.0 Å². The third kappa shape index (κ3) is 5.23. The summed E-state index contributed by atoms with van der Waals surface area (Å²) in [5.41, 5.74) is 3.63. The number of carbonyl (C=O) groups excluding carboxylic acids is 2. The maximum absolute atomic E-state index is 13.4. The number of rotatable bonds is 7. The van der Waals surface area contributed by atoms with Gasteiger partial charge in [-0.05, 0) is 62.8 Å². The van der Waals surface area contributed by atoms with Crippen LogP contribution in [0.3, 0.4) is 0 Å². The van der Waals surface area contributed by atoms with Crippen LogP contribution in [0.1, 0.15) is 50.2 Å². The SMILES string of the molecule is Cc1ccc(S(=O)(=O)O[C@H](C)C(=O)N2C3=C(CCCC3)C[C@H]2C(=O)OCc2ccccc2)cc1. The normalized spacial score (nSPS) is 19.0. The first kappa shape index (κ1) is 24.2. The molecule has 2 aromatic rings. The summed E-state index contributed by atoms with van der Waals surface area (Å²) in [6.07, 6.45) is 2.52. The third-order valence-electron chi connectivity index (χ3n) is 6.25. The van der Waals surface area contributed by atoms with Gasteiger partial charge in [0.2, 0.25) is 0 Å². The minimum atomic E-state index is -4.14. The lowest BCUT2D eigenvalue weighted by Crippen LogP contribution is -2.46. The molecule has 2 aromatic carbocycles. The van der Waals surface area contributed by atoms with Crippen molar-refractivity contribution in [2.75, 3.05) is 0 Å². The number of aryl methyl sites for hydroxylation is 1. The average Bonchev–Trinajstić information content (AvgIpc) is 3.22. The third-order valence-corrected chi connectivity index (χ3v) is 7.65. The molecular weight excluding hydrogens is 454 g/mol. The van der Waals surface area contributed by atoms with E-state index in [1.807, 2.05) is 37.3 Å². The lowest BCUT2D eigenvalue weighted by Gasteiger charge is -2.29. The van der Waals surface area contributed by atoms with Crippen LogP contribution in [0, 0.1) is 6.92 Å². The van der Waals surface area contributed by atoms with E-state index in [0.29, 0.717) is 12.8 Å². The van der Waals surface area contributed by atoms with E-state index >= 15 is 0 Å². The molecule has 8 heteroatoms. The predicted molar refractivity (Wildman–Crippen MR) is 126 cm³/mol. The molecule has 0 saturated carbocycles. The Morgan fingerprint density at radius 1 is 1.03 bits per heavy atom. The van der Waals surface area contributed by atoms with E-state index in [1.54, 1.807) is 12.1 Å². The van der Waals surface area contributed by atoms with Crippen LogP contribution >= 0.6 is 0 Å². The van der Waals surface area contributed by atoms with Gasteiger partial charge in [0.1, 0.15) is 12.6 Å². The standard InChI is InChI=1S/C26H29NO6S/c1-18-12-14-22(15-13-18)34(30,31)33-19(2)25(28)27-23-11-7-6-10-21(23)16-24(27)26(29)32-17-20-8-4-3-5-9-20/h3-5,8-9,12-15,19,24H,6-7,10-11,16-17H2,1-2H3/t19-,24+/m1/s1. The summed E-state index contributed by atoms with van der Waals surface area (Å²) in [6, 6.07) is 14.7. The van der Waals surface area contributed by atoms with Crippen LogP contribution in [0.2, 0.25) is 0 Å². The Morgan fingerprint density at radius 2 is 1.71 bits per heavy atom. The molecule has 0 radical (unpaired) electrons. The molecule has 0 bridgehead atoms. The van der Waals surface area contributed by atoms with Crippen LogP contribution in [-0.2, 0) is 35.2 Å². The zero-order valence-corrected chi connectivity index (χ0v) is 20.2. The Bertz CT molecular complexity index is 1190. The molecule has 1 amide bonds. The molecule has 0 unspecified atom stereocenters. The lowest BCUT2D eigenvalue weighted by molar-refractivity contribution is -0.155. The fourth-order valence-electron chi connectivity index (χ4n) is 4.46. The first-order valence-corrected chi connectivity index (χ1v) is 12.9. The highest BCUT2D eigenvalue weighted by Gasteiger charge is 2.43.